The molecule has 1 aliphatic rings. The smallest absolute Gasteiger partial charge is 0.437 e. The van der Waals surface area contributed by atoms with E-state index in [9.17, 15) is 28.8 Å². The Bertz CT molecular complexity index is 2030. The first-order chi connectivity index (χ1) is 26.9. The van der Waals surface area contributed by atoms with Crippen LogP contribution < -0.4 is 15.4 Å². The van der Waals surface area contributed by atoms with Crippen molar-refractivity contribution in [3.05, 3.63) is 81.0 Å². The summed E-state index contributed by atoms with van der Waals surface area (Å²) in [6, 6.07) is 13.3. The van der Waals surface area contributed by atoms with Crippen molar-refractivity contribution < 1.29 is 47.7 Å². The third-order valence-electron chi connectivity index (χ3n) is 8.25. The quantitative estimate of drug-likeness (QED) is 0.0500. The van der Waals surface area contributed by atoms with Crippen LogP contribution in [0.2, 0.25) is 0 Å². The molecule has 0 fully saturated rings. The van der Waals surface area contributed by atoms with Gasteiger partial charge in [-0.1, -0.05) is 6.07 Å². The number of nitrogens with zero attached hydrogens (tertiary/aromatic N) is 2. The van der Waals surface area contributed by atoms with Crippen LogP contribution in [0.5, 0.6) is 5.75 Å². The van der Waals surface area contributed by atoms with Crippen LogP contribution in [-0.4, -0.2) is 70.0 Å². The fraction of sp³-hybridized carbons (Fsp3) is 0.465. The van der Waals surface area contributed by atoms with Crippen LogP contribution in [0.15, 0.2) is 58.9 Å². The van der Waals surface area contributed by atoms with E-state index < -0.39 is 40.9 Å². The molecular formula is C43H54N4O10S. The van der Waals surface area contributed by atoms with Crippen molar-refractivity contribution in [2.45, 2.75) is 124 Å². The van der Waals surface area contributed by atoms with Crippen LogP contribution in [0.25, 0.3) is 0 Å². The number of carbonyl (C=O) groups excluding carboxylic acids is 6. The minimum Gasteiger partial charge on any atom is -0.459 e. The molecule has 14 nitrogen and oxygen atoms in total. The molecule has 0 bridgehead atoms. The molecule has 1 unspecified atom stereocenters. The fourth-order valence-electron chi connectivity index (χ4n) is 5.99. The predicted molar refractivity (Wildman–Crippen MR) is 220 cm³/mol. The van der Waals surface area contributed by atoms with Gasteiger partial charge in [0, 0.05) is 18.7 Å². The van der Waals surface area contributed by atoms with Crippen molar-refractivity contribution in [3.8, 4) is 5.75 Å². The van der Waals surface area contributed by atoms with Crippen LogP contribution in [0, 0.1) is 0 Å². The van der Waals surface area contributed by atoms with Gasteiger partial charge in [-0.25, -0.2) is 14.4 Å². The van der Waals surface area contributed by atoms with Crippen molar-refractivity contribution in [2.24, 2.45) is 4.99 Å². The van der Waals surface area contributed by atoms with Gasteiger partial charge < -0.3 is 29.2 Å². The van der Waals surface area contributed by atoms with Crippen LogP contribution in [-0.2, 0) is 36.8 Å². The third-order valence-corrected chi connectivity index (χ3v) is 9.33. The molecule has 2 aromatic carbocycles. The molecule has 15 heteroatoms. The number of ketones is 1. The van der Waals surface area contributed by atoms with E-state index in [-0.39, 0.29) is 48.6 Å². The first-order valence-corrected chi connectivity index (χ1v) is 19.9. The molecule has 312 valence electrons. The number of aryl methyl sites for hydroxylation is 1. The summed E-state index contributed by atoms with van der Waals surface area (Å²) in [5.74, 6) is -1.42. The number of hydrogen-bond acceptors (Lipinski definition) is 11. The summed E-state index contributed by atoms with van der Waals surface area (Å²) < 4.78 is 21.8. The molecule has 3 aromatic rings. The molecule has 1 aliphatic carbocycles. The van der Waals surface area contributed by atoms with E-state index in [4.69, 9.17) is 18.9 Å². The summed E-state index contributed by atoms with van der Waals surface area (Å²) in [5, 5.41) is 7.08. The van der Waals surface area contributed by atoms with E-state index in [2.05, 4.69) is 15.6 Å². The van der Waals surface area contributed by atoms with Gasteiger partial charge in [0.05, 0.1) is 10.4 Å². The minimum absolute atomic E-state index is 0.0656. The number of Topliss-reactive ketones (excluding diaryl/α,β-unsaturated/α-hetero) is 1. The van der Waals surface area contributed by atoms with Gasteiger partial charge in [0.1, 0.15) is 29.1 Å². The maximum atomic E-state index is 13.8. The van der Waals surface area contributed by atoms with E-state index >= 15 is 0 Å². The summed E-state index contributed by atoms with van der Waals surface area (Å²) in [4.78, 5) is 82.6. The summed E-state index contributed by atoms with van der Waals surface area (Å²) in [7, 11) is 0. The maximum Gasteiger partial charge on any atom is 0.437 e. The fourth-order valence-corrected chi connectivity index (χ4v) is 6.79. The lowest BCUT2D eigenvalue weighted by atomic mass is 9.80. The van der Waals surface area contributed by atoms with Crippen molar-refractivity contribution >= 4 is 58.8 Å². The number of amides is 3. The number of carbonyl (C=O) groups is 6. The molecular weight excluding hydrogens is 765 g/mol. The highest BCUT2D eigenvalue weighted by Crippen LogP contribution is 2.37. The average Bonchev–Trinajstić information content (AvgIpc) is 3.55. The minimum atomic E-state index is -0.936. The summed E-state index contributed by atoms with van der Waals surface area (Å²) in [6.45, 7) is 16.9. The van der Waals surface area contributed by atoms with Crippen LogP contribution in [0.3, 0.4) is 0 Å². The summed E-state index contributed by atoms with van der Waals surface area (Å²) in [5.41, 5.74) is 0.999. The van der Waals surface area contributed by atoms with Crippen molar-refractivity contribution in [1.29, 1.82) is 0 Å². The highest BCUT2D eigenvalue weighted by Gasteiger charge is 2.29. The second-order valence-corrected chi connectivity index (χ2v) is 17.9. The van der Waals surface area contributed by atoms with E-state index in [0.717, 1.165) is 36.0 Å². The van der Waals surface area contributed by atoms with Gasteiger partial charge in [-0.15, -0.1) is 16.3 Å². The molecule has 4 rings (SSSR count). The Morgan fingerprint density at radius 2 is 1.50 bits per heavy atom. The third kappa shape index (κ3) is 14.7. The van der Waals surface area contributed by atoms with Crippen molar-refractivity contribution in [1.82, 2.24) is 10.2 Å². The van der Waals surface area contributed by atoms with Gasteiger partial charge in [-0.3, -0.25) is 19.7 Å². The van der Waals surface area contributed by atoms with Crippen molar-refractivity contribution in [3.63, 3.8) is 0 Å². The molecule has 1 atom stereocenters. The number of alkyl carbamates (subject to hydrolysis) is 1. The number of aliphatic imine (C=N–C) groups is 1. The topological polar surface area (TPSA) is 179 Å². The van der Waals surface area contributed by atoms with Gasteiger partial charge in [0.25, 0.3) is 0 Å². The Balaban J connectivity index is 1.44. The first-order valence-electron chi connectivity index (χ1n) is 19.0. The van der Waals surface area contributed by atoms with Gasteiger partial charge in [-0.05, 0) is 159 Å². The van der Waals surface area contributed by atoms with Crippen LogP contribution in [0.4, 0.5) is 15.3 Å². The summed E-state index contributed by atoms with van der Waals surface area (Å²) in [6.07, 6.45) is 0.704. The molecule has 0 saturated carbocycles. The molecule has 2 N–H and O–H groups in total. The summed E-state index contributed by atoms with van der Waals surface area (Å²) >= 11 is 1.30. The van der Waals surface area contributed by atoms with E-state index in [1.54, 1.807) is 86.6 Å². The molecule has 0 aliphatic heterocycles. The number of esters is 2. The molecule has 3 amide bonds. The highest BCUT2D eigenvalue weighted by atomic mass is 32.1. The zero-order chi connectivity index (χ0) is 43.0. The van der Waals surface area contributed by atoms with E-state index in [0.29, 0.717) is 16.3 Å². The van der Waals surface area contributed by atoms with Crippen molar-refractivity contribution in [2.75, 3.05) is 11.9 Å². The number of nitrogens with one attached hydrogen (secondary N) is 2. The zero-order valence-electron chi connectivity index (χ0n) is 34.9. The Morgan fingerprint density at radius 1 is 0.845 bits per heavy atom. The molecule has 0 spiro atoms. The van der Waals surface area contributed by atoms with Gasteiger partial charge in [-0.2, -0.15) is 0 Å². The lowest BCUT2D eigenvalue weighted by Crippen LogP contribution is -2.40. The number of fused-ring (bicyclic) bond motifs is 1. The molecule has 1 heterocycles. The molecule has 1 aromatic heterocycles. The normalized spacial score (nSPS) is 14.4. The van der Waals surface area contributed by atoms with E-state index in [1.165, 1.54) is 35.3 Å². The Kier molecular flexibility index (Phi) is 14.6. The van der Waals surface area contributed by atoms with Gasteiger partial charge in [0.15, 0.2) is 5.78 Å². The largest absolute Gasteiger partial charge is 0.459 e. The Morgan fingerprint density at radius 3 is 2.10 bits per heavy atom. The molecule has 0 radical (unpaired) electrons. The van der Waals surface area contributed by atoms with Gasteiger partial charge >= 0.3 is 24.1 Å². The molecule has 58 heavy (non-hydrogen) atoms. The number of hydrogen-bond donors (Lipinski definition) is 2. The Labute approximate surface area is 343 Å². The number of anilines is 1. The number of benzene rings is 2. The lowest BCUT2D eigenvalue weighted by molar-refractivity contribution is -0.159. The van der Waals surface area contributed by atoms with Crippen LogP contribution in [0.1, 0.15) is 131 Å². The first kappa shape index (κ1) is 45.1. The highest BCUT2D eigenvalue weighted by molar-refractivity contribution is 7.12. The number of thiophene rings is 1. The SMILES string of the molecule is CC(=O)c1cc(CN(CC(=O)OC(C)(C)C)C(=O)CC2CCCc3cc(OC(=O)c4ccc(N/C(=N\C(=O)OC(C)(C)C)NC(=O)OC(C)(C)C)cc4)ccc32)cs1. The number of rotatable bonds is 10. The van der Waals surface area contributed by atoms with Gasteiger partial charge in [0.2, 0.25) is 11.9 Å². The maximum absolute atomic E-state index is 13.8. The second-order valence-electron chi connectivity index (χ2n) is 17.0. The standard InChI is InChI=1S/C43H54N4O10S/c1-26(48)34-20-27(25-58-34)23-47(24-36(50)55-41(2,3)4)35(49)22-30-13-11-12-29-21-32(18-19-33(29)30)54-37(51)28-14-16-31(17-15-28)44-38(45-39(52)56-42(5,6)7)46-40(53)57-43(8,9)10/h14-21,25,30H,11-13,22-24H2,1-10H3,(H2,44,45,46,52,53). The molecule has 0 saturated heterocycles. The van der Waals surface area contributed by atoms with Crippen LogP contribution >= 0.6 is 11.3 Å². The van der Waals surface area contributed by atoms with E-state index in [1.807, 2.05) is 17.5 Å². The lowest BCUT2D eigenvalue weighted by Gasteiger charge is -2.29. The number of ether oxygens (including phenoxy) is 4. The average molecular weight is 819 g/mol. The number of guanidine groups is 1. The predicted octanol–water partition coefficient (Wildman–Crippen LogP) is 8.58. The zero-order valence-corrected chi connectivity index (χ0v) is 35.7. The second kappa shape index (κ2) is 18.8. The Hall–Kier alpha value is -5.57. The monoisotopic (exact) mass is 818 g/mol.